The second kappa shape index (κ2) is 15.4. The van der Waals surface area contributed by atoms with E-state index in [1.165, 1.54) is 5.56 Å². The first kappa shape index (κ1) is 34.8. The lowest BCUT2D eigenvalue weighted by molar-refractivity contribution is -0.132. The SMILES string of the molecule is NC(=O)c1cccc2cn(-c3ccc([C@@H]4CCCN(C(=O)CCCCCCCO/N=C5/C(c6c(O)[nH]c7ccccc67)=Nc6ccccc65)C4)cc3)nc12. The molecule has 11 nitrogen and oxygen atoms in total. The van der Waals surface area contributed by atoms with Gasteiger partial charge in [0.05, 0.1) is 22.5 Å². The fraction of sp³-hybridized carbons (Fsp3) is 0.279. The first-order chi connectivity index (χ1) is 26.4. The first-order valence-electron chi connectivity index (χ1n) is 18.8. The van der Waals surface area contributed by atoms with Crippen molar-refractivity contribution in [3.63, 3.8) is 0 Å². The number of fused-ring (bicyclic) bond motifs is 3. The minimum Gasteiger partial charge on any atom is -0.494 e. The van der Waals surface area contributed by atoms with Crippen LogP contribution >= 0.6 is 0 Å². The van der Waals surface area contributed by atoms with E-state index in [9.17, 15) is 14.7 Å². The number of hydrogen-bond donors (Lipinski definition) is 3. The monoisotopic (exact) mass is 721 g/mol. The van der Waals surface area contributed by atoms with Crippen molar-refractivity contribution >= 4 is 50.7 Å². The van der Waals surface area contributed by atoms with E-state index in [4.69, 9.17) is 15.6 Å². The molecular weight excluding hydrogens is 679 g/mol. The molecule has 0 bridgehead atoms. The molecule has 2 amide bonds. The summed E-state index contributed by atoms with van der Waals surface area (Å²) in [5, 5.41) is 21.7. The molecule has 0 radical (unpaired) electrons. The van der Waals surface area contributed by atoms with Crippen LogP contribution in [0.1, 0.15) is 84.3 Å². The summed E-state index contributed by atoms with van der Waals surface area (Å²) in [5.74, 6) is 0.100. The minimum absolute atomic E-state index is 0.0592. The van der Waals surface area contributed by atoms with Crippen LogP contribution < -0.4 is 5.73 Å². The molecule has 4 aromatic carbocycles. The van der Waals surface area contributed by atoms with Gasteiger partial charge in [0, 0.05) is 53.5 Å². The number of primary amides is 1. The molecule has 4 N–H and O–H groups in total. The summed E-state index contributed by atoms with van der Waals surface area (Å²) in [4.78, 5) is 40.7. The molecule has 1 fully saturated rings. The fourth-order valence-corrected chi connectivity index (χ4v) is 7.70. The number of nitrogens with two attached hydrogens (primary N) is 1. The van der Waals surface area contributed by atoms with Crippen molar-refractivity contribution in [3.05, 3.63) is 119 Å². The molecule has 2 aromatic heterocycles. The van der Waals surface area contributed by atoms with E-state index < -0.39 is 5.91 Å². The lowest BCUT2D eigenvalue weighted by Crippen LogP contribution is -2.39. The van der Waals surface area contributed by atoms with E-state index in [0.717, 1.165) is 91.3 Å². The number of carbonyl (C=O) groups excluding carboxylic acids is 2. The van der Waals surface area contributed by atoms with Gasteiger partial charge in [-0.3, -0.25) is 9.59 Å². The van der Waals surface area contributed by atoms with Gasteiger partial charge in [0.25, 0.3) is 5.91 Å². The Morgan fingerprint density at radius 1 is 0.926 bits per heavy atom. The van der Waals surface area contributed by atoms with Gasteiger partial charge in [-0.15, -0.1) is 0 Å². The lowest BCUT2D eigenvalue weighted by atomic mass is 9.90. The Hall–Kier alpha value is -6.23. The van der Waals surface area contributed by atoms with Gasteiger partial charge in [-0.25, -0.2) is 9.67 Å². The zero-order valence-electron chi connectivity index (χ0n) is 30.1. The molecule has 1 saturated heterocycles. The number of rotatable bonds is 13. The highest BCUT2D eigenvalue weighted by Gasteiger charge is 2.29. The number of nitrogens with zero attached hydrogens (tertiary/aromatic N) is 5. The molecule has 0 spiro atoms. The summed E-state index contributed by atoms with van der Waals surface area (Å²) < 4.78 is 1.78. The van der Waals surface area contributed by atoms with Crippen LogP contribution in [0.4, 0.5) is 5.69 Å². The van der Waals surface area contributed by atoms with E-state index >= 15 is 0 Å². The number of benzene rings is 4. The van der Waals surface area contributed by atoms with Gasteiger partial charge >= 0.3 is 0 Å². The third-order valence-electron chi connectivity index (χ3n) is 10.5. The molecular formula is C43H43N7O4. The number of unbranched alkanes of at least 4 members (excludes halogenated alkanes) is 4. The van der Waals surface area contributed by atoms with Gasteiger partial charge in [0.2, 0.25) is 5.91 Å². The molecule has 6 aromatic rings. The normalized spacial score (nSPS) is 16.2. The zero-order valence-corrected chi connectivity index (χ0v) is 30.1. The highest BCUT2D eigenvalue weighted by Crippen LogP contribution is 2.36. The molecule has 8 rings (SSSR count). The Balaban J connectivity index is 0.780. The van der Waals surface area contributed by atoms with E-state index in [0.29, 0.717) is 47.0 Å². The van der Waals surface area contributed by atoms with Crippen LogP contribution in [-0.4, -0.2) is 67.7 Å². The number of para-hydroxylation sites is 2. The van der Waals surface area contributed by atoms with Crippen LogP contribution in [0.15, 0.2) is 107 Å². The summed E-state index contributed by atoms with van der Waals surface area (Å²) >= 11 is 0. The largest absolute Gasteiger partial charge is 0.494 e. The van der Waals surface area contributed by atoms with E-state index in [1.54, 1.807) is 10.7 Å². The van der Waals surface area contributed by atoms with E-state index in [-0.39, 0.29) is 11.8 Å². The van der Waals surface area contributed by atoms with Crippen molar-refractivity contribution in [3.8, 4) is 11.6 Å². The average Bonchev–Trinajstić information content (AvgIpc) is 3.89. The van der Waals surface area contributed by atoms with Crippen LogP contribution in [0.3, 0.4) is 0 Å². The number of H-pyrrole nitrogens is 1. The Kier molecular flexibility index (Phi) is 9.93. The van der Waals surface area contributed by atoms with Crippen LogP contribution in [-0.2, 0) is 9.63 Å². The Labute approximate surface area is 313 Å². The Bertz CT molecular complexity index is 2390. The van der Waals surface area contributed by atoms with Crippen molar-refractivity contribution < 1.29 is 19.5 Å². The van der Waals surface area contributed by atoms with Gasteiger partial charge in [0.1, 0.15) is 23.5 Å². The molecule has 4 heterocycles. The molecule has 54 heavy (non-hydrogen) atoms. The van der Waals surface area contributed by atoms with Gasteiger partial charge in [-0.1, -0.05) is 78.7 Å². The van der Waals surface area contributed by atoms with Gasteiger partial charge in [0.15, 0.2) is 5.88 Å². The molecule has 0 unspecified atom stereocenters. The number of aliphatic imine (C=N–C) groups is 1. The van der Waals surface area contributed by atoms with Crippen molar-refractivity contribution in [2.24, 2.45) is 15.9 Å². The van der Waals surface area contributed by atoms with Crippen molar-refractivity contribution in [2.75, 3.05) is 19.7 Å². The second-order valence-electron chi connectivity index (χ2n) is 14.1. The summed E-state index contributed by atoms with van der Waals surface area (Å²) in [6.45, 7) is 2.03. The highest BCUT2D eigenvalue weighted by atomic mass is 16.6. The fourth-order valence-electron chi connectivity index (χ4n) is 7.70. The Morgan fingerprint density at radius 2 is 1.72 bits per heavy atom. The Morgan fingerprint density at radius 3 is 2.59 bits per heavy atom. The van der Waals surface area contributed by atoms with Crippen molar-refractivity contribution in [2.45, 2.75) is 57.3 Å². The molecule has 11 heteroatoms. The molecule has 2 aliphatic rings. The van der Waals surface area contributed by atoms with Gasteiger partial charge < -0.3 is 25.6 Å². The van der Waals surface area contributed by atoms with Crippen LogP contribution in [0.5, 0.6) is 5.88 Å². The summed E-state index contributed by atoms with van der Waals surface area (Å²) in [7, 11) is 0. The predicted octanol–water partition coefficient (Wildman–Crippen LogP) is 7.91. The van der Waals surface area contributed by atoms with Crippen LogP contribution in [0, 0.1) is 0 Å². The molecule has 1 atom stereocenters. The lowest BCUT2D eigenvalue weighted by Gasteiger charge is -2.33. The van der Waals surface area contributed by atoms with Crippen molar-refractivity contribution in [1.29, 1.82) is 0 Å². The standard InChI is InChI=1S/C43H43N7O4/c44-42(52)34-16-10-12-30-27-50(47-39(30)34)31-22-20-28(21-23-31)29-13-11-24-49(26-29)37(51)19-4-2-1-3-9-25-54-48-40-33-15-6-8-18-36(33)45-41(40)38-32-14-5-7-17-35(32)46-43(38)53/h5-8,10,12,14-18,20-23,27,29,46,53H,1-4,9,11,13,19,24-26H2,(H2,44,52)/b48-40+/t29-/m1/s1. The number of aromatic amines is 1. The maximum atomic E-state index is 13.2. The van der Waals surface area contributed by atoms with Gasteiger partial charge in [-0.05, 0) is 68.0 Å². The maximum Gasteiger partial charge on any atom is 0.250 e. The number of hydrogen-bond acceptors (Lipinski definition) is 7. The summed E-state index contributed by atoms with van der Waals surface area (Å²) in [5.41, 5.74) is 13.0. The van der Waals surface area contributed by atoms with Gasteiger partial charge in [-0.2, -0.15) is 5.10 Å². The highest BCUT2D eigenvalue weighted by molar-refractivity contribution is 6.58. The molecule has 274 valence electrons. The summed E-state index contributed by atoms with van der Waals surface area (Å²) in [6, 6.07) is 29.3. The number of aromatic nitrogens is 3. The number of amides is 2. The smallest absolute Gasteiger partial charge is 0.250 e. The molecule has 0 aliphatic carbocycles. The second-order valence-corrected chi connectivity index (χ2v) is 14.1. The topological polar surface area (TPSA) is 151 Å². The first-order valence-corrected chi connectivity index (χ1v) is 18.8. The third-order valence-corrected chi connectivity index (χ3v) is 10.5. The minimum atomic E-state index is -0.492. The third kappa shape index (κ3) is 7.09. The number of carbonyl (C=O) groups is 2. The maximum absolute atomic E-state index is 13.2. The quantitative estimate of drug-likeness (QED) is 0.0818. The van der Waals surface area contributed by atoms with Crippen LogP contribution in [0.25, 0.3) is 27.5 Å². The number of aromatic hydroxyl groups is 1. The number of nitrogens with one attached hydrogen (secondary N) is 1. The number of oxime groups is 1. The van der Waals surface area contributed by atoms with Crippen LogP contribution in [0.2, 0.25) is 0 Å². The van der Waals surface area contributed by atoms with E-state index in [2.05, 4.69) is 27.4 Å². The number of likely N-dealkylation sites (tertiary alicyclic amines) is 1. The number of piperidine rings is 1. The summed E-state index contributed by atoms with van der Waals surface area (Å²) in [6.07, 6.45) is 9.25. The van der Waals surface area contributed by atoms with E-state index in [1.807, 2.05) is 83.9 Å². The zero-order chi connectivity index (χ0) is 37.0. The van der Waals surface area contributed by atoms with Crippen molar-refractivity contribution in [1.82, 2.24) is 19.7 Å². The molecule has 0 saturated carbocycles. The predicted molar refractivity (Wildman–Crippen MR) is 211 cm³/mol. The molecule has 2 aliphatic heterocycles. The average molecular weight is 722 g/mol.